The van der Waals surface area contributed by atoms with E-state index in [0.29, 0.717) is 17.1 Å². The van der Waals surface area contributed by atoms with Crippen LogP contribution in [0.1, 0.15) is 18.4 Å². The fraction of sp³-hybridized carbons (Fsp3) is 0.571. The Morgan fingerprint density at radius 2 is 1.88 bits per heavy atom. The van der Waals surface area contributed by atoms with Gasteiger partial charge in [0.05, 0.1) is 4.58 Å². The molecule has 0 saturated carbocycles. The van der Waals surface area contributed by atoms with E-state index in [0.717, 1.165) is 12.8 Å². The summed E-state index contributed by atoms with van der Waals surface area (Å²) in [5.41, 5.74) is 1.34. The fourth-order valence-corrected chi connectivity index (χ4v) is 5.22. The Morgan fingerprint density at radius 3 is 2.53 bits per heavy atom. The third kappa shape index (κ3) is 4.57. The lowest BCUT2D eigenvalue weighted by Gasteiger charge is -2.24. The van der Waals surface area contributed by atoms with Gasteiger partial charge in [-0.2, -0.15) is 0 Å². The molecule has 0 radical (unpaired) electrons. The van der Waals surface area contributed by atoms with Crippen LogP contribution in [-0.2, 0) is 6.42 Å². The summed E-state index contributed by atoms with van der Waals surface area (Å²) >= 11 is 4.14. The summed E-state index contributed by atoms with van der Waals surface area (Å²) in [5.74, 6) is 3.00. The molecule has 3 heteroatoms. The van der Waals surface area contributed by atoms with Gasteiger partial charge in [0.25, 0.3) is 0 Å². The fourth-order valence-electron chi connectivity index (χ4n) is 2.11. The predicted octanol–water partition coefficient (Wildman–Crippen LogP) is 3.42. The molecular formula is C14H20OS2. The molecular weight excluding hydrogens is 248 g/mol. The maximum Gasteiger partial charge on any atom is 0.0506 e. The van der Waals surface area contributed by atoms with Crippen molar-refractivity contribution in [3.05, 3.63) is 35.9 Å². The third-order valence-electron chi connectivity index (χ3n) is 3.05. The Morgan fingerprint density at radius 1 is 1.18 bits per heavy atom. The van der Waals surface area contributed by atoms with Gasteiger partial charge < -0.3 is 5.11 Å². The van der Waals surface area contributed by atoms with Gasteiger partial charge in [0, 0.05) is 6.61 Å². The minimum atomic E-state index is 0.312. The monoisotopic (exact) mass is 268 g/mol. The number of aliphatic hydroxyl groups is 1. The Kier molecular flexibility index (Phi) is 5.75. The molecule has 1 saturated heterocycles. The SMILES string of the molecule is OC[C@H](Cc1ccccc1)CC1SCCCS1. The van der Waals surface area contributed by atoms with Crippen molar-refractivity contribution in [1.29, 1.82) is 0 Å². The zero-order valence-electron chi connectivity index (χ0n) is 10.0. The molecule has 1 aromatic carbocycles. The second-order valence-corrected chi connectivity index (χ2v) is 7.42. The number of hydrogen-bond acceptors (Lipinski definition) is 3. The molecule has 0 amide bonds. The Bertz CT molecular complexity index is 309. The minimum absolute atomic E-state index is 0.312. The van der Waals surface area contributed by atoms with E-state index >= 15 is 0 Å². The van der Waals surface area contributed by atoms with E-state index in [-0.39, 0.29) is 0 Å². The molecule has 2 rings (SSSR count). The first-order valence-corrected chi connectivity index (χ1v) is 8.36. The average Bonchev–Trinajstić information content (AvgIpc) is 2.40. The van der Waals surface area contributed by atoms with Gasteiger partial charge in [0.2, 0.25) is 0 Å². The first kappa shape index (κ1) is 13.3. The first-order chi connectivity index (χ1) is 8.38. The number of hydrogen-bond donors (Lipinski definition) is 1. The topological polar surface area (TPSA) is 20.2 Å². The van der Waals surface area contributed by atoms with Crippen LogP contribution in [0.2, 0.25) is 0 Å². The van der Waals surface area contributed by atoms with Crippen LogP contribution in [0, 0.1) is 5.92 Å². The van der Waals surface area contributed by atoms with E-state index in [4.69, 9.17) is 0 Å². The van der Waals surface area contributed by atoms with Gasteiger partial charge >= 0.3 is 0 Å². The van der Waals surface area contributed by atoms with E-state index in [1.807, 2.05) is 6.07 Å². The van der Waals surface area contributed by atoms with Crippen LogP contribution in [0.3, 0.4) is 0 Å². The van der Waals surface area contributed by atoms with Crippen LogP contribution < -0.4 is 0 Å². The van der Waals surface area contributed by atoms with Crippen LogP contribution in [0.5, 0.6) is 0 Å². The summed E-state index contributed by atoms with van der Waals surface area (Å²) in [5, 5.41) is 9.50. The van der Waals surface area contributed by atoms with E-state index in [1.54, 1.807) is 0 Å². The van der Waals surface area contributed by atoms with Gasteiger partial charge in [-0.3, -0.25) is 0 Å². The first-order valence-electron chi connectivity index (χ1n) is 6.26. The molecule has 1 aromatic rings. The zero-order valence-corrected chi connectivity index (χ0v) is 11.7. The molecule has 1 aliphatic heterocycles. The Labute approximate surface area is 112 Å². The molecule has 0 bridgehead atoms. The molecule has 1 nitrogen and oxygen atoms in total. The molecule has 1 heterocycles. The van der Waals surface area contributed by atoms with Crippen molar-refractivity contribution >= 4 is 23.5 Å². The van der Waals surface area contributed by atoms with Crippen molar-refractivity contribution in [2.75, 3.05) is 18.1 Å². The smallest absolute Gasteiger partial charge is 0.0506 e. The molecule has 0 unspecified atom stereocenters. The molecule has 1 aliphatic rings. The summed E-state index contributed by atoms with van der Waals surface area (Å²) < 4.78 is 0.699. The molecule has 17 heavy (non-hydrogen) atoms. The second-order valence-electron chi connectivity index (χ2n) is 4.50. The minimum Gasteiger partial charge on any atom is -0.396 e. The molecule has 1 fully saturated rings. The number of aliphatic hydroxyl groups excluding tert-OH is 1. The summed E-state index contributed by atoms with van der Waals surface area (Å²) in [7, 11) is 0. The molecule has 1 N–H and O–H groups in total. The number of rotatable bonds is 5. The lowest BCUT2D eigenvalue weighted by Crippen LogP contribution is -2.17. The van der Waals surface area contributed by atoms with Crippen molar-refractivity contribution in [2.24, 2.45) is 5.92 Å². The van der Waals surface area contributed by atoms with Crippen LogP contribution in [0.25, 0.3) is 0 Å². The summed E-state index contributed by atoms with van der Waals surface area (Å²) in [6.07, 6.45) is 3.49. The van der Waals surface area contributed by atoms with Gasteiger partial charge in [-0.05, 0) is 42.2 Å². The highest BCUT2D eigenvalue weighted by atomic mass is 32.2. The quantitative estimate of drug-likeness (QED) is 0.883. The lowest BCUT2D eigenvalue weighted by atomic mass is 9.98. The van der Waals surface area contributed by atoms with E-state index in [2.05, 4.69) is 47.8 Å². The second kappa shape index (κ2) is 7.34. The van der Waals surface area contributed by atoms with Crippen molar-refractivity contribution < 1.29 is 5.11 Å². The number of benzene rings is 1. The zero-order chi connectivity index (χ0) is 11.9. The van der Waals surface area contributed by atoms with Crippen molar-refractivity contribution in [3.63, 3.8) is 0 Å². The van der Waals surface area contributed by atoms with Gasteiger partial charge in [-0.15, -0.1) is 23.5 Å². The molecule has 94 valence electrons. The van der Waals surface area contributed by atoms with E-state index in [1.165, 1.54) is 23.5 Å². The molecule has 1 atom stereocenters. The van der Waals surface area contributed by atoms with Gasteiger partial charge in [0.1, 0.15) is 0 Å². The highest BCUT2D eigenvalue weighted by Crippen LogP contribution is 2.35. The van der Waals surface area contributed by atoms with Gasteiger partial charge in [0.15, 0.2) is 0 Å². The molecule has 0 aromatic heterocycles. The van der Waals surface area contributed by atoms with Crippen LogP contribution in [0.15, 0.2) is 30.3 Å². The van der Waals surface area contributed by atoms with Gasteiger partial charge in [-0.1, -0.05) is 30.3 Å². The molecule has 0 spiro atoms. The number of thioether (sulfide) groups is 2. The van der Waals surface area contributed by atoms with Crippen molar-refractivity contribution in [3.8, 4) is 0 Å². The van der Waals surface area contributed by atoms with Crippen LogP contribution in [0.4, 0.5) is 0 Å². The largest absolute Gasteiger partial charge is 0.396 e. The Balaban J connectivity index is 1.83. The van der Waals surface area contributed by atoms with Crippen LogP contribution >= 0.6 is 23.5 Å². The highest BCUT2D eigenvalue weighted by molar-refractivity contribution is 8.17. The highest BCUT2D eigenvalue weighted by Gasteiger charge is 2.19. The normalized spacial score (nSPS) is 19.1. The molecule has 0 aliphatic carbocycles. The summed E-state index contributed by atoms with van der Waals surface area (Å²) in [6, 6.07) is 10.5. The lowest BCUT2D eigenvalue weighted by molar-refractivity contribution is 0.221. The summed E-state index contributed by atoms with van der Waals surface area (Å²) in [6.45, 7) is 0.312. The van der Waals surface area contributed by atoms with Crippen LogP contribution in [-0.4, -0.2) is 27.8 Å². The average molecular weight is 268 g/mol. The third-order valence-corrected chi connectivity index (χ3v) is 6.04. The van der Waals surface area contributed by atoms with Crippen molar-refractivity contribution in [1.82, 2.24) is 0 Å². The van der Waals surface area contributed by atoms with Gasteiger partial charge in [-0.25, -0.2) is 0 Å². The van der Waals surface area contributed by atoms with Crippen molar-refractivity contribution in [2.45, 2.75) is 23.8 Å². The maximum absolute atomic E-state index is 9.50. The van der Waals surface area contributed by atoms with E-state index in [9.17, 15) is 5.11 Å². The maximum atomic E-state index is 9.50. The summed E-state index contributed by atoms with van der Waals surface area (Å²) in [4.78, 5) is 0. The standard InChI is InChI=1S/C14H20OS2/c15-11-13(9-12-5-2-1-3-6-12)10-14-16-7-4-8-17-14/h1-3,5-6,13-15H,4,7-11H2/t13-/m1/s1. The Hall–Kier alpha value is -0.120. The predicted molar refractivity (Wildman–Crippen MR) is 78.7 cm³/mol. The van der Waals surface area contributed by atoms with E-state index < -0.39 is 0 Å².